The molecule has 0 heterocycles. The number of hydrogen-bond donors (Lipinski definition) is 0. The molecule has 6 atom stereocenters. The highest BCUT2D eigenvalue weighted by molar-refractivity contribution is 5.07. The van der Waals surface area contributed by atoms with E-state index < -0.39 is 0 Å². The second-order valence-electron chi connectivity index (χ2n) is 8.56. The van der Waals surface area contributed by atoms with E-state index in [9.17, 15) is 0 Å². The highest BCUT2D eigenvalue weighted by atomic mass is 14.6. The number of fused-ring (bicyclic) bond motifs is 1. The zero-order chi connectivity index (χ0) is 14.4. The van der Waals surface area contributed by atoms with Crippen molar-refractivity contribution in [3.8, 4) is 0 Å². The molecule has 2 aliphatic rings. The second kappa shape index (κ2) is 5.41. The van der Waals surface area contributed by atoms with Crippen LogP contribution in [-0.2, 0) is 0 Å². The lowest BCUT2D eigenvalue weighted by atomic mass is 9.62. The van der Waals surface area contributed by atoms with Gasteiger partial charge in [-0.2, -0.15) is 0 Å². The summed E-state index contributed by atoms with van der Waals surface area (Å²) in [6.45, 7) is 17.4. The molecule has 6 unspecified atom stereocenters. The van der Waals surface area contributed by atoms with Crippen LogP contribution in [0.25, 0.3) is 0 Å². The first-order valence-electron chi connectivity index (χ1n) is 8.85. The van der Waals surface area contributed by atoms with Crippen molar-refractivity contribution in [2.75, 3.05) is 0 Å². The summed E-state index contributed by atoms with van der Waals surface area (Å²) in [6.07, 6.45) is 5.76. The molecule has 19 heavy (non-hydrogen) atoms. The second-order valence-corrected chi connectivity index (χ2v) is 8.56. The highest BCUT2D eigenvalue weighted by Crippen LogP contribution is 2.65. The third kappa shape index (κ3) is 2.38. The lowest BCUT2D eigenvalue weighted by Gasteiger charge is -2.42. The van der Waals surface area contributed by atoms with Gasteiger partial charge in [0.2, 0.25) is 0 Å². The van der Waals surface area contributed by atoms with Gasteiger partial charge in [-0.3, -0.25) is 0 Å². The standard InChI is InChI=1S/C19H36/c1-8-13(5)17-15-11-10-14(15)16(12(3)4)18(17)19(6,7)9-2/h12-18H,8-11H2,1-7H3. The highest BCUT2D eigenvalue weighted by Gasteiger charge is 2.59. The minimum Gasteiger partial charge on any atom is -0.0651 e. The molecule has 2 rings (SSSR count). The average Bonchev–Trinajstić information content (AvgIpc) is 2.57. The zero-order valence-corrected chi connectivity index (χ0v) is 14.4. The minimum absolute atomic E-state index is 0.528. The van der Waals surface area contributed by atoms with Gasteiger partial charge in [0.15, 0.2) is 0 Å². The van der Waals surface area contributed by atoms with Gasteiger partial charge in [-0.05, 0) is 59.7 Å². The van der Waals surface area contributed by atoms with Crippen molar-refractivity contribution in [2.24, 2.45) is 46.8 Å². The summed E-state index contributed by atoms with van der Waals surface area (Å²) in [4.78, 5) is 0. The lowest BCUT2D eigenvalue weighted by Crippen LogP contribution is -2.36. The molecule has 0 aromatic carbocycles. The smallest absolute Gasteiger partial charge is 0.0296 e. The lowest BCUT2D eigenvalue weighted by molar-refractivity contribution is 0.0588. The molecule has 2 fully saturated rings. The summed E-state index contributed by atoms with van der Waals surface area (Å²) in [5, 5.41) is 0. The van der Waals surface area contributed by atoms with Crippen LogP contribution in [0.15, 0.2) is 0 Å². The maximum atomic E-state index is 2.55. The minimum atomic E-state index is 0.528. The van der Waals surface area contributed by atoms with Crippen LogP contribution in [0.5, 0.6) is 0 Å². The van der Waals surface area contributed by atoms with E-state index in [-0.39, 0.29) is 0 Å². The molecule has 0 amide bonds. The van der Waals surface area contributed by atoms with Crippen molar-refractivity contribution in [3.63, 3.8) is 0 Å². The van der Waals surface area contributed by atoms with E-state index in [0.717, 1.165) is 41.4 Å². The molecule has 0 N–H and O–H groups in total. The van der Waals surface area contributed by atoms with Crippen molar-refractivity contribution in [2.45, 2.75) is 74.1 Å². The van der Waals surface area contributed by atoms with Gasteiger partial charge in [0, 0.05) is 0 Å². The SMILES string of the molecule is CCC(C)C1C2CCC2C(C(C)C)C1C(C)(C)CC. The summed E-state index contributed by atoms with van der Waals surface area (Å²) >= 11 is 0. The summed E-state index contributed by atoms with van der Waals surface area (Å²) < 4.78 is 0. The van der Waals surface area contributed by atoms with E-state index in [2.05, 4.69) is 48.5 Å². The molecule has 0 spiro atoms. The molecule has 0 bridgehead atoms. The normalized spacial score (nSPS) is 40.1. The van der Waals surface area contributed by atoms with E-state index in [1.807, 2.05) is 0 Å². The van der Waals surface area contributed by atoms with Crippen LogP contribution in [0.4, 0.5) is 0 Å². The predicted octanol–water partition coefficient (Wildman–Crippen LogP) is 6.01. The molecule has 0 aromatic heterocycles. The van der Waals surface area contributed by atoms with Crippen molar-refractivity contribution < 1.29 is 0 Å². The van der Waals surface area contributed by atoms with Gasteiger partial charge >= 0.3 is 0 Å². The van der Waals surface area contributed by atoms with Gasteiger partial charge in [-0.15, -0.1) is 0 Å². The Labute approximate surface area is 121 Å². The average molecular weight is 264 g/mol. The van der Waals surface area contributed by atoms with Gasteiger partial charge in [-0.25, -0.2) is 0 Å². The molecule has 0 saturated heterocycles. The van der Waals surface area contributed by atoms with Gasteiger partial charge < -0.3 is 0 Å². The Kier molecular flexibility index (Phi) is 4.38. The molecule has 0 aliphatic heterocycles. The number of rotatable bonds is 5. The molecular formula is C19H36. The summed E-state index contributed by atoms with van der Waals surface area (Å²) in [7, 11) is 0. The maximum Gasteiger partial charge on any atom is -0.0296 e. The summed E-state index contributed by atoms with van der Waals surface area (Å²) in [6, 6.07) is 0. The van der Waals surface area contributed by atoms with E-state index in [4.69, 9.17) is 0 Å². The topological polar surface area (TPSA) is 0 Å². The van der Waals surface area contributed by atoms with Gasteiger partial charge in [-0.1, -0.05) is 61.3 Å². The Hall–Kier alpha value is 0. The van der Waals surface area contributed by atoms with Crippen LogP contribution in [-0.4, -0.2) is 0 Å². The Balaban J connectivity index is 2.35. The summed E-state index contributed by atoms with van der Waals surface area (Å²) in [5.41, 5.74) is 0.528. The Morgan fingerprint density at radius 1 is 0.947 bits per heavy atom. The fourth-order valence-electron chi connectivity index (χ4n) is 5.53. The third-order valence-corrected chi connectivity index (χ3v) is 7.09. The first-order chi connectivity index (χ1) is 8.85. The summed E-state index contributed by atoms with van der Waals surface area (Å²) in [5.74, 6) is 6.89. The van der Waals surface area contributed by atoms with Gasteiger partial charge in [0.1, 0.15) is 0 Å². The van der Waals surface area contributed by atoms with Crippen molar-refractivity contribution >= 4 is 0 Å². The van der Waals surface area contributed by atoms with Gasteiger partial charge in [0.05, 0.1) is 0 Å². The van der Waals surface area contributed by atoms with Crippen LogP contribution in [0, 0.1) is 46.8 Å². The van der Waals surface area contributed by atoms with E-state index in [1.54, 1.807) is 0 Å². The quantitative estimate of drug-likeness (QED) is 0.570. The van der Waals surface area contributed by atoms with Crippen LogP contribution < -0.4 is 0 Å². The van der Waals surface area contributed by atoms with Gasteiger partial charge in [0.25, 0.3) is 0 Å². The Bertz CT molecular complexity index is 301. The molecule has 2 aliphatic carbocycles. The first kappa shape index (κ1) is 15.4. The van der Waals surface area contributed by atoms with Crippen LogP contribution >= 0.6 is 0 Å². The Morgan fingerprint density at radius 2 is 1.47 bits per heavy atom. The van der Waals surface area contributed by atoms with Crippen molar-refractivity contribution in [1.82, 2.24) is 0 Å². The zero-order valence-electron chi connectivity index (χ0n) is 14.4. The monoisotopic (exact) mass is 264 g/mol. The largest absolute Gasteiger partial charge is 0.0651 e. The van der Waals surface area contributed by atoms with E-state index in [0.29, 0.717) is 5.41 Å². The van der Waals surface area contributed by atoms with E-state index >= 15 is 0 Å². The predicted molar refractivity (Wildman–Crippen MR) is 85.0 cm³/mol. The molecule has 0 heteroatoms. The molecule has 0 aromatic rings. The molecule has 0 nitrogen and oxygen atoms in total. The number of hydrogen-bond acceptors (Lipinski definition) is 0. The fourth-order valence-corrected chi connectivity index (χ4v) is 5.53. The molecular weight excluding hydrogens is 228 g/mol. The van der Waals surface area contributed by atoms with Crippen molar-refractivity contribution in [3.05, 3.63) is 0 Å². The molecule has 112 valence electrons. The third-order valence-electron chi connectivity index (χ3n) is 7.09. The van der Waals surface area contributed by atoms with Crippen LogP contribution in [0.3, 0.4) is 0 Å². The van der Waals surface area contributed by atoms with Crippen LogP contribution in [0.2, 0.25) is 0 Å². The van der Waals surface area contributed by atoms with E-state index in [1.165, 1.54) is 25.7 Å². The van der Waals surface area contributed by atoms with Crippen LogP contribution in [0.1, 0.15) is 74.1 Å². The molecule has 2 saturated carbocycles. The first-order valence-corrected chi connectivity index (χ1v) is 8.85. The Morgan fingerprint density at radius 3 is 1.84 bits per heavy atom. The molecule has 0 radical (unpaired) electrons. The fraction of sp³-hybridized carbons (Fsp3) is 1.00. The van der Waals surface area contributed by atoms with Crippen molar-refractivity contribution in [1.29, 1.82) is 0 Å². The maximum absolute atomic E-state index is 2.55.